The fourth-order valence-corrected chi connectivity index (χ4v) is 2.29. The summed E-state index contributed by atoms with van der Waals surface area (Å²) in [6.45, 7) is 3.99. The molecule has 4 heteroatoms. The molecule has 0 spiro atoms. The number of benzene rings is 2. The first-order chi connectivity index (χ1) is 8.97. The van der Waals surface area contributed by atoms with Crippen molar-refractivity contribution in [2.75, 3.05) is 5.32 Å². The SMILES string of the molecule is Cc1ccc(NC(C)c2ccc(O)cc2O)cc1Br. The minimum atomic E-state index is -0.0600. The molecule has 0 aliphatic heterocycles. The van der Waals surface area contributed by atoms with E-state index in [9.17, 15) is 10.2 Å². The Kier molecular flexibility index (Phi) is 4.00. The number of aryl methyl sites for hydroxylation is 1. The van der Waals surface area contributed by atoms with Gasteiger partial charge in [0.2, 0.25) is 0 Å². The minimum Gasteiger partial charge on any atom is -0.508 e. The number of hydrogen-bond donors (Lipinski definition) is 3. The lowest BCUT2D eigenvalue weighted by molar-refractivity contribution is 0.444. The van der Waals surface area contributed by atoms with Crippen LogP contribution in [-0.2, 0) is 0 Å². The van der Waals surface area contributed by atoms with Crippen LogP contribution in [0.3, 0.4) is 0 Å². The number of rotatable bonds is 3. The van der Waals surface area contributed by atoms with Gasteiger partial charge in [0.25, 0.3) is 0 Å². The largest absolute Gasteiger partial charge is 0.508 e. The zero-order chi connectivity index (χ0) is 14.0. The summed E-state index contributed by atoms with van der Waals surface area (Å²) >= 11 is 3.49. The van der Waals surface area contributed by atoms with Gasteiger partial charge in [0, 0.05) is 21.8 Å². The Morgan fingerprint density at radius 3 is 2.47 bits per heavy atom. The fourth-order valence-electron chi connectivity index (χ4n) is 1.91. The third kappa shape index (κ3) is 3.20. The van der Waals surface area contributed by atoms with Gasteiger partial charge >= 0.3 is 0 Å². The van der Waals surface area contributed by atoms with Crippen LogP contribution < -0.4 is 5.32 Å². The highest BCUT2D eigenvalue weighted by Gasteiger charge is 2.11. The first-order valence-electron chi connectivity index (χ1n) is 6.02. The lowest BCUT2D eigenvalue weighted by Gasteiger charge is -2.17. The van der Waals surface area contributed by atoms with E-state index in [0.717, 1.165) is 15.7 Å². The van der Waals surface area contributed by atoms with Crippen LogP contribution in [0.2, 0.25) is 0 Å². The maximum atomic E-state index is 9.83. The normalized spacial score (nSPS) is 12.2. The quantitative estimate of drug-likeness (QED) is 0.788. The van der Waals surface area contributed by atoms with Gasteiger partial charge in [0.15, 0.2) is 0 Å². The maximum absolute atomic E-state index is 9.83. The molecule has 19 heavy (non-hydrogen) atoms. The van der Waals surface area contributed by atoms with Crippen molar-refractivity contribution < 1.29 is 10.2 Å². The molecule has 1 unspecified atom stereocenters. The van der Waals surface area contributed by atoms with E-state index in [4.69, 9.17) is 0 Å². The maximum Gasteiger partial charge on any atom is 0.124 e. The van der Waals surface area contributed by atoms with Gasteiger partial charge in [-0.05, 0) is 43.7 Å². The second kappa shape index (κ2) is 5.53. The molecule has 0 fully saturated rings. The predicted octanol–water partition coefficient (Wildman–Crippen LogP) is 4.34. The summed E-state index contributed by atoms with van der Waals surface area (Å²) in [5.74, 6) is 0.151. The molecule has 100 valence electrons. The Bertz CT molecular complexity index is 599. The van der Waals surface area contributed by atoms with Crippen LogP contribution in [-0.4, -0.2) is 10.2 Å². The van der Waals surface area contributed by atoms with Gasteiger partial charge < -0.3 is 15.5 Å². The molecule has 2 aromatic carbocycles. The third-order valence-electron chi connectivity index (χ3n) is 3.04. The van der Waals surface area contributed by atoms with Gasteiger partial charge in [-0.1, -0.05) is 22.0 Å². The van der Waals surface area contributed by atoms with E-state index >= 15 is 0 Å². The lowest BCUT2D eigenvalue weighted by atomic mass is 10.1. The number of nitrogens with one attached hydrogen (secondary N) is 1. The summed E-state index contributed by atoms with van der Waals surface area (Å²) in [7, 11) is 0. The van der Waals surface area contributed by atoms with Crippen LogP contribution in [0.4, 0.5) is 5.69 Å². The Labute approximate surface area is 121 Å². The number of halogens is 1. The third-order valence-corrected chi connectivity index (χ3v) is 3.89. The van der Waals surface area contributed by atoms with Crippen LogP contribution in [0.5, 0.6) is 11.5 Å². The highest BCUT2D eigenvalue weighted by atomic mass is 79.9. The van der Waals surface area contributed by atoms with Crippen LogP contribution in [0.1, 0.15) is 24.1 Å². The summed E-state index contributed by atoms with van der Waals surface area (Å²) in [4.78, 5) is 0. The second-order valence-corrected chi connectivity index (χ2v) is 5.43. The van der Waals surface area contributed by atoms with E-state index in [0.29, 0.717) is 0 Å². The van der Waals surface area contributed by atoms with Crippen LogP contribution in [0.25, 0.3) is 0 Å². The van der Waals surface area contributed by atoms with Crippen molar-refractivity contribution in [1.29, 1.82) is 0 Å². The van der Waals surface area contributed by atoms with E-state index in [1.54, 1.807) is 12.1 Å². The predicted molar refractivity (Wildman–Crippen MR) is 80.7 cm³/mol. The Morgan fingerprint density at radius 1 is 1.11 bits per heavy atom. The first kappa shape index (κ1) is 13.7. The zero-order valence-electron chi connectivity index (χ0n) is 10.8. The van der Waals surface area contributed by atoms with Crippen LogP contribution >= 0.6 is 15.9 Å². The molecule has 0 radical (unpaired) electrons. The van der Waals surface area contributed by atoms with Gasteiger partial charge in [-0.25, -0.2) is 0 Å². The minimum absolute atomic E-state index is 0.0600. The molecule has 0 saturated heterocycles. The standard InChI is InChI=1S/C15H16BrNO2/c1-9-3-4-11(7-14(9)16)17-10(2)13-6-5-12(18)8-15(13)19/h3-8,10,17-19H,1-2H3. The fraction of sp³-hybridized carbons (Fsp3) is 0.200. The average molecular weight is 322 g/mol. The molecule has 0 aliphatic rings. The van der Waals surface area contributed by atoms with Crippen molar-refractivity contribution in [2.45, 2.75) is 19.9 Å². The van der Waals surface area contributed by atoms with Crippen molar-refractivity contribution in [3.8, 4) is 11.5 Å². The number of phenols is 2. The average Bonchev–Trinajstić information content (AvgIpc) is 2.33. The Balaban J connectivity index is 2.20. The molecule has 0 saturated carbocycles. The van der Waals surface area contributed by atoms with Gasteiger partial charge in [0.05, 0.1) is 6.04 Å². The van der Waals surface area contributed by atoms with E-state index in [-0.39, 0.29) is 17.5 Å². The van der Waals surface area contributed by atoms with Crippen molar-refractivity contribution in [3.63, 3.8) is 0 Å². The first-order valence-corrected chi connectivity index (χ1v) is 6.81. The molecule has 0 heterocycles. The number of hydrogen-bond acceptors (Lipinski definition) is 3. The summed E-state index contributed by atoms with van der Waals surface area (Å²) in [5.41, 5.74) is 2.89. The highest BCUT2D eigenvalue weighted by molar-refractivity contribution is 9.10. The topological polar surface area (TPSA) is 52.5 Å². The van der Waals surface area contributed by atoms with Crippen molar-refractivity contribution in [1.82, 2.24) is 0 Å². The van der Waals surface area contributed by atoms with E-state index < -0.39 is 0 Å². The van der Waals surface area contributed by atoms with Crippen LogP contribution in [0.15, 0.2) is 40.9 Å². The molecule has 1 atom stereocenters. The lowest BCUT2D eigenvalue weighted by Crippen LogP contribution is -2.06. The molecule has 0 aliphatic carbocycles. The van der Waals surface area contributed by atoms with Crippen molar-refractivity contribution in [2.24, 2.45) is 0 Å². The Hall–Kier alpha value is -1.68. The molecule has 3 nitrogen and oxygen atoms in total. The van der Waals surface area contributed by atoms with E-state index in [1.165, 1.54) is 11.6 Å². The van der Waals surface area contributed by atoms with Crippen molar-refractivity contribution >= 4 is 21.6 Å². The summed E-state index contributed by atoms with van der Waals surface area (Å²) in [6.07, 6.45) is 0. The molecular weight excluding hydrogens is 306 g/mol. The zero-order valence-corrected chi connectivity index (χ0v) is 12.4. The number of anilines is 1. The molecule has 2 aromatic rings. The van der Waals surface area contributed by atoms with Gasteiger partial charge in [-0.2, -0.15) is 0 Å². The summed E-state index contributed by atoms with van der Waals surface area (Å²) < 4.78 is 1.04. The molecular formula is C15H16BrNO2. The molecule has 0 amide bonds. The number of phenolic OH excluding ortho intramolecular Hbond substituents is 2. The molecule has 0 bridgehead atoms. The van der Waals surface area contributed by atoms with Gasteiger partial charge in [-0.3, -0.25) is 0 Å². The summed E-state index contributed by atoms with van der Waals surface area (Å²) in [5, 5.41) is 22.4. The van der Waals surface area contributed by atoms with E-state index in [1.807, 2.05) is 32.0 Å². The Morgan fingerprint density at radius 2 is 1.84 bits per heavy atom. The second-order valence-electron chi connectivity index (χ2n) is 4.57. The highest BCUT2D eigenvalue weighted by Crippen LogP contribution is 2.30. The monoisotopic (exact) mass is 321 g/mol. The smallest absolute Gasteiger partial charge is 0.124 e. The van der Waals surface area contributed by atoms with Gasteiger partial charge in [-0.15, -0.1) is 0 Å². The molecule has 3 N–H and O–H groups in total. The van der Waals surface area contributed by atoms with E-state index in [2.05, 4.69) is 21.2 Å². The van der Waals surface area contributed by atoms with Crippen molar-refractivity contribution in [3.05, 3.63) is 52.0 Å². The molecule has 2 rings (SSSR count). The number of aromatic hydroxyl groups is 2. The molecule has 0 aromatic heterocycles. The summed E-state index contributed by atoms with van der Waals surface area (Å²) in [6, 6.07) is 10.6. The van der Waals surface area contributed by atoms with Crippen LogP contribution in [0, 0.1) is 6.92 Å². The van der Waals surface area contributed by atoms with Gasteiger partial charge in [0.1, 0.15) is 11.5 Å².